The second kappa shape index (κ2) is 4.62. The number of aliphatic hydroxyl groups is 1. The first-order valence-electron chi connectivity index (χ1n) is 4.24. The smallest absolute Gasteiger partial charge is 0.168 e. The topological polar surface area (TPSA) is 29.5 Å². The average molecular weight is 219 g/mol. The van der Waals surface area contributed by atoms with Gasteiger partial charge in [0.25, 0.3) is 0 Å². The molecule has 0 amide bonds. The van der Waals surface area contributed by atoms with Gasteiger partial charge in [0.15, 0.2) is 11.6 Å². The highest BCUT2D eigenvalue weighted by Crippen LogP contribution is 2.26. The van der Waals surface area contributed by atoms with Crippen molar-refractivity contribution < 1.29 is 14.2 Å². The molecule has 0 aliphatic carbocycles. The Hall–Kier alpha value is -0.800. The van der Waals surface area contributed by atoms with Crippen LogP contribution in [0.5, 0.6) is 5.75 Å². The maximum atomic E-state index is 13.5. The number of hydrogen-bond donors (Lipinski definition) is 1. The fourth-order valence-corrected chi connectivity index (χ4v) is 1.46. The molecule has 0 aliphatic heterocycles. The van der Waals surface area contributed by atoms with Gasteiger partial charge < -0.3 is 9.84 Å². The highest BCUT2D eigenvalue weighted by atomic mass is 35.5. The Labute approximate surface area is 87.3 Å². The highest BCUT2D eigenvalue weighted by molar-refractivity contribution is 6.30. The number of halogens is 2. The molecule has 1 aromatic carbocycles. The largest absolute Gasteiger partial charge is 0.494 e. The van der Waals surface area contributed by atoms with Crippen molar-refractivity contribution in [3.8, 4) is 5.75 Å². The molecular weight excluding hydrogens is 207 g/mol. The number of rotatable bonds is 3. The van der Waals surface area contributed by atoms with Crippen LogP contribution in [0.1, 0.15) is 12.5 Å². The lowest BCUT2D eigenvalue weighted by Crippen LogP contribution is -2.06. The maximum Gasteiger partial charge on any atom is 0.168 e. The third-order valence-corrected chi connectivity index (χ3v) is 2.03. The number of hydrogen-bond acceptors (Lipinski definition) is 2. The molecule has 0 saturated heterocycles. The average Bonchev–Trinajstić information content (AvgIpc) is 2.09. The summed E-state index contributed by atoms with van der Waals surface area (Å²) in [5, 5.41) is 9.54. The SMILES string of the molecule is COc1cc(Cl)cc(CC(C)O)c1F. The first-order valence-corrected chi connectivity index (χ1v) is 4.62. The molecule has 1 N–H and O–H groups in total. The molecule has 0 spiro atoms. The summed E-state index contributed by atoms with van der Waals surface area (Å²) in [5.74, 6) is -0.356. The van der Waals surface area contributed by atoms with E-state index in [0.29, 0.717) is 10.6 Å². The van der Waals surface area contributed by atoms with Crippen molar-refractivity contribution in [3.63, 3.8) is 0 Å². The summed E-state index contributed by atoms with van der Waals surface area (Å²) >= 11 is 5.76. The van der Waals surface area contributed by atoms with E-state index >= 15 is 0 Å². The predicted octanol–water partition coefficient (Wildman–Crippen LogP) is 2.41. The summed E-state index contributed by atoms with van der Waals surface area (Å²) in [7, 11) is 1.38. The third-order valence-electron chi connectivity index (χ3n) is 1.81. The van der Waals surface area contributed by atoms with Crippen molar-refractivity contribution in [3.05, 3.63) is 28.5 Å². The molecule has 1 atom stereocenters. The molecule has 78 valence electrons. The lowest BCUT2D eigenvalue weighted by Gasteiger charge is -2.09. The lowest BCUT2D eigenvalue weighted by atomic mass is 10.1. The Bertz CT molecular complexity index is 326. The van der Waals surface area contributed by atoms with E-state index in [4.69, 9.17) is 21.4 Å². The van der Waals surface area contributed by atoms with Gasteiger partial charge >= 0.3 is 0 Å². The minimum absolute atomic E-state index is 0.105. The van der Waals surface area contributed by atoms with Gasteiger partial charge in [0, 0.05) is 17.5 Å². The molecule has 0 bridgehead atoms. The molecule has 1 unspecified atom stereocenters. The van der Waals surface area contributed by atoms with Crippen LogP contribution < -0.4 is 4.74 Å². The van der Waals surface area contributed by atoms with Gasteiger partial charge in [-0.25, -0.2) is 4.39 Å². The first kappa shape index (κ1) is 11.3. The molecule has 0 fully saturated rings. The van der Waals surface area contributed by atoms with E-state index in [-0.39, 0.29) is 12.2 Å². The van der Waals surface area contributed by atoms with Crippen molar-refractivity contribution in [2.24, 2.45) is 0 Å². The molecule has 0 saturated carbocycles. The van der Waals surface area contributed by atoms with Crippen molar-refractivity contribution >= 4 is 11.6 Å². The van der Waals surface area contributed by atoms with Gasteiger partial charge in [0.2, 0.25) is 0 Å². The van der Waals surface area contributed by atoms with Crippen molar-refractivity contribution in [1.82, 2.24) is 0 Å². The fraction of sp³-hybridized carbons (Fsp3) is 0.400. The number of methoxy groups -OCH3 is 1. The fourth-order valence-electron chi connectivity index (χ4n) is 1.23. The molecule has 0 aromatic heterocycles. The Morgan fingerprint density at radius 1 is 1.57 bits per heavy atom. The van der Waals surface area contributed by atoms with Crippen LogP contribution >= 0.6 is 11.6 Å². The van der Waals surface area contributed by atoms with E-state index < -0.39 is 11.9 Å². The highest BCUT2D eigenvalue weighted by Gasteiger charge is 2.12. The van der Waals surface area contributed by atoms with E-state index in [0.717, 1.165) is 0 Å². The molecule has 14 heavy (non-hydrogen) atoms. The van der Waals surface area contributed by atoms with E-state index in [1.165, 1.54) is 19.2 Å². The molecule has 0 heterocycles. The van der Waals surface area contributed by atoms with Crippen LogP contribution in [0.4, 0.5) is 4.39 Å². The van der Waals surface area contributed by atoms with Gasteiger partial charge in [-0.2, -0.15) is 0 Å². The zero-order chi connectivity index (χ0) is 10.7. The molecule has 0 radical (unpaired) electrons. The number of aliphatic hydroxyl groups excluding tert-OH is 1. The number of benzene rings is 1. The zero-order valence-corrected chi connectivity index (χ0v) is 8.81. The lowest BCUT2D eigenvalue weighted by molar-refractivity contribution is 0.194. The minimum Gasteiger partial charge on any atom is -0.494 e. The standard InChI is InChI=1S/C10H12ClFO2/c1-6(13)3-7-4-8(11)5-9(14-2)10(7)12/h4-6,13H,3H2,1-2H3. The van der Waals surface area contributed by atoms with Crippen LogP contribution in [0.3, 0.4) is 0 Å². The normalized spacial score (nSPS) is 12.6. The van der Waals surface area contributed by atoms with Crippen LogP contribution in [0.25, 0.3) is 0 Å². The van der Waals surface area contributed by atoms with Crippen LogP contribution in [0, 0.1) is 5.82 Å². The Morgan fingerprint density at radius 3 is 2.71 bits per heavy atom. The second-order valence-corrected chi connectivity index (χ2v) is 3.57. The van der Waals surface area contributed by atoms with Crippen LogP contribution in [-0.2, 0) is 6.42 Å². The van der Waals surface area contributed by atoms with Crippen molar-refractivity contribution in [2.45, 2.75) is 19.4 Å². The van der Waals surface area contributed by atoms with Gasteiger partial charge in [-0.3, -0.25) is 0 Å². The van der Waals surface area contributed by atoms with E-state index in [1.54, 1.807) is 6.92 Å². The molecule has 2 nitrogen and oxygen atoms in total. The van der Waals surface area contributed by atoms with Gasteiger partial charge in [-0.1, -0.05) is 11.6 Å². The molecular formula is C10H12ClFO2. The maximum absolute atomic E-state index is 13.5. The van der Waals surface area contributed by atoms with Gasteiger partial charge in [0.1, 0.15) is 0 Å². The quantitative estimate of drug-likeness (QED) is 0.844. The molecule has 0 aliphatic rings. The van der Waals surface area contributed by atoms with Crippen LogP contribution in [0.15, 0.2) is 12.1 Å². The molecule has 1 aromatic rings. The monoisotopic (exact) mass is 218 g/mol. The summed E-state index contributed by atoms with van der Waals surface area (Å²) in [6.45, 7) is 1.59. The summed E-state index contributed by atoms with van der Waals surface area (Å²) in [4.78, 5) is 0. The Morgan fingerprint density at radius 2 is 2.21 bits per heavy atom. The first-order chi connectivity index (χ1) is 6.54. The third kappa shape index (κ3) is 2.59. The van der Waals surface area contributed by atoms with Crippen molar-refractivity contribution in [1.29, 1.82) is 0 Å². The van der Waals surface area contributed by atoms with Crippen LogP contribution in [-0.4, -0.2) is 18.3 Å². The van der Waals surface area contributed by atoms with E-state index in [1.807, 2.05) is 0 Å². The van der Waals surface area contributed by atoms with Gasteiger partial charge in [0.05, 0.1) is 13.2 Å². The Balaban J connectivity index is 3.08. The van der Waals surface area contributed by atoms with Crippen molar-refractivity contribution in [2.75, 3.05) is 7.11 Å². The number of ether oxygens (including phenoxy) is 1. The van der Waals surface area contributed by atoms with E-state index in [2.05, 4.69) is 0 Å². The molecule has 4 heteroatoms. The summed E-state index contributed by atoms with van der Waals surface area (Å²) in [5.41, 5.74) is 0.365. The zero-order valence-electron chi connectivity index (χ0n) is 8.05. The minimum atomic E-state index is -0.604. The second-order valence-electron chi connectivity index (χ2n) is 3.13. The summed E-state index contributed by atoms with van der Waals surface area (Å²) < 4.78 is 18.3. The van der Waals surface area contributed by atoms with E-state index in [9.17, 15) is 4.39 Å². The molecule has 1 rings (SSSR count). The van der Waals surface area contributed by atoms with Crippen LogP contribution in [0.2, 0.25) is 5.02 Å². The predicted molar refractivity (Wildman–Crippen MR) is 53.3 cm³/mol. The Kier molecular flexibility index (Phi) is 3.72. The van der Waals surface area contributed by atoms with Gasteiger partial charge in [-0.05, 0) is 18.6 Å². The summed E-state index contributed by atoms with van der Waals surface area (Å²) in [6.07, 6.45) is -0.379. The summed E-state index contributed by atoms with van der Waals surface area (Å²) in [6, 6.07) is 2.90. The van der Waals surface area contributed by atoms with Gasteiger partial charge in [-0.15, -0.1) is 0 Å².